The molecule has 20 heavy (non-hydrogen) atoms. The number of hydrogen-bond acceptors (Lipinski definition) is 2. The summed E-state index contributed by atoms with van der Waals surface area (Å²) in [6.45, 7) is 0. The van der Waals surface area contributed by atoms with Gasteiger partial charge >= 0.3 is 0 Å². The molecule has 3 heteroatoms. The fraction of sp³-hybridized carbons (Fsp3) is 0.471. The van der Waals surface area contributed by atoms with E-state index < -0.39 is 0 Å². The first-order valence-corrected chi connectivity index (χ1v) is 7.56. The molecule has 3 nitrogen and oxygen atoms in total. The second-order valence-corrected chi connectivity index (χ2v) is 5.86. The first-order valence-electron chi connectivity index (χ1n) is 7.56. The van der Waals surface area contributed by atoms with Crippen molar-refractivity contribution in [1.82, 2.24) is 9.78 Å². The predicted molar refractivity (Wildman–Crippen MR) is 81.3 cm³/mol. The van der Waals surface area contributed by atoms with E-state index in [1.807, 2.05) is 17.9 Å². The molecule has 1 aromatic heterocycles. The van der Waals surface area contributed by atoms with Gasteiger partial charge in [0.1, 0.15) is 0 Å². The molecule has 1 aliphatic rings. The van der Waals surface area contributed by atoms with Crippen LogP contribution in [0.3, 0.4) is 0 Å². The molecule has 0 saturated heterocycles. The first kappa shape index (κ1) is 13.4. The van der Waals surface area contributed by atoms with E-state index in [-0.39, 0.29) is 6.04 Å². The molecule has 3 rings (SSSR count). The van der Waals surface area contributed by atoms with Crippen molar-refractivity contribution in [2.45, 2.75) is 38.1 Å². The van der Waals surface area contributed by atoms with Crippen molar-refractivity contribution in [2.24, 2.45) is 18.7 Å². The van der Waals surface area contributed by atoms with Crippen LogP contribution in [0.25, 0.3) is 0 Å². The third kappa shape index (κ3) is 2.63. The highest BCUT2D eigenvalue weighted by molar-refractivity contribution is 5.31. The topological polar surface area (TPSA) is 43.8 Å². The molecule has 0 saturated carbocycles. The predicted octanol–water partition coefficient (Wildman–Crippen LogP) is 3.01. The lowest BCUT2D eigenvalue weighted by atomic mass is 9.87. The van der Waals surface area contributed by atoms with E-state index >= 15 is 0 Å². The largest absolute Gasteiger partial charge is 0.324 e. The third-order valence-corrected chi connectivity index (χ3v) is 4.64. The van der Waals surface area contributed by atoms with Crippen LogP contribution in [0.1, 0.15) is 42.1 Å². The van der Waals surface area contributed by atoms with Crippen molar-refractivity contribution in [3.05, 3.63) is 53.3 Å². The van der Waals surface area contributed by atoms with Gasteiger partial charge in [-0.2, -0.15) is 5.10 Å². The zero-order chi connectivity index (χ0) is 13.9. The van der Waals surface area contributed by atoms with Crippen LogP contribution in [-0.4, -0.2) is 9.78 Å². The van der Waals surface area contributed by atoms with Gasteiger partial charge in [0, 0.05) is 25.0 Å². The second-order valence-electron chi connectivity index (χ2n) is 5.86. The van der Waals surface area contributed by atoms with Crippen LogP contribution in [0.5, 0.6) is 0 Å². The van der Waals surface area contributed by atoms with Crippen LogP contribution in [0.4, 0.5) is 0 Å². The lowest BCUT2D eigenvalue weighted by Crippen LogP contribution is -2.22. The van der Waals surface area contributed by atoms with Crippen molar-refractivity contribution in [1.29, 1.82) is 0 Å². The Morgan fingerprint density at radius 1 is 1.30 bits per heavy atom. The summed E-state index contributed by atoms with van der Waals surface area (Å²) >= 11 is 0. The fourth-order valence-corrected chi connectivity index (χ4v) is 3.38. The van der Waals surface area contributed by atoms with Crippen molar-refractivity contribution >= 4 is 0 Å². The minimum Gasteiger partial charge on any atom is -0.324 e. The van der Waals surface area contributed by atoms with E-state index in [2.05, 4.69) is 35.4 Å². The molecule has 2 atom stereocenters. The second kappa shape index (κ2) is 5.80. The van der Waals surface area contributed by atoms with Crippen LogP contribution >= 0.6 is 0 Å². The summed E-state index contributed by atoms with van der Waals surface area (Å²) < 4.78 is 1.97. The van der Waals surface area contributed by atoms with E-state index in [9.17, 15) is 0 Å². The van der Waals surface area contributed by atoms with Gasteiger partial charge in [-0.25, -0.2) is 0 Å². The number of aromatic nitrogens is 2. The standard InChI is InChI=1S/C17H23N3/c1-20-15(11-12-19-20)10-9-14-7-4-6-13-5-2-3-8-16(13)17(14)18/h2-3,5,8,11-12,14,17H,4,6-7,9-10,18H2,1H3. The average Bonchev–Trinajstić information content (AvgIpc) is 2.80. The Kier molecular flexibility index (Phi) is 3.88. The van der Waals surface area contributed by atoms with E-state index in [1.165, 1.54) is 36.1 Å². The molecule has 1 aliphatic carbocycles. The zero-order valence-corrected chi connectivity index (χ0v) is 12.1. The van der Waals surface area contributed by atoms with Crippen molar-refractivity contribution < 1.29 is 0 Å². The molecule has 0 amide bonds. The molecule has 2 unspecified atom stereocenters. The average molecular weight is 269 g/mol. The maximum atomic E-state index is 6.55. The zero-order valence-electron chi connectivity index (χ0n) is 12.1. The third-order valence-electron chi connectivity index (χ3n) is 4.64. The summed E-state index contributed by atoms with van der Waals surface area (Å²) in [5.74, 6) is 0.577. The van der Waals surface area contributed by atoms with Gasteiger partial charge in [0.05, 0.1) is 0 Å². The van der Waals surface area contributed by atoms with Crippen LogP contribution in [0.2, 0.25) is 0 Å². The maximum Gasteiger partial charge on any atom is 0.0492 e. The minimum absolute atomic E-state index is 0.182. The van der Waals surface area contributed by atoms with E-state index in [4.69, 9.17) is 5.73 Å². The van der Waals surface area contributed by atoms with Crippen LogP contribution in [0, 0.1) is 5.92 Å². The minimum atomic E-state index is 0.182. The lowest BCUT2D eigenvalue weighted by molar-refractivity contribution is 0.375. The number of benzene rings is 1. The highest BCUT2D eigenvalue weighted by Crippen LogP contribution is 2.34. The van der Waals surface area contributed by atoms with Crippen molar-refractivity contribution in [3.8, 4) is 0 Å². The van der Waals surface area contributed by atoms with E-state index in [0.29, 0.717) is 5.92 Å². The Balaban J connectivity index is 1.73. The number of fused-ring (bicyclic) bond motifs is 1. The number of aryl methyl sites for hydroxylation is 3. The fourth-order valence-electron chi connectivity index (χ4n) is 3.38. The van der Waals surface area contributed by atoms with Gasteiger partial charge in [0.2, 0.25) is 0 Å². The van der Waals surface area contributed by atoms with Gasteiger partial charge in [-0.05, 0) is 55.2 Å². The maximum absolute atomic E-state index is 6.55. The molecule has 2 aromatic rings. The van der Waals surface area contributed by atoms with Gasteiger partial charge in [-0.15, -0.1) is 0 Å². The molecular formula is C17H23N3. The Bertz CT molecular complexity index is 573. The molecule has 0 fully saturated rings. The molecule has 0 aliphatic heterocycles. The molecule has 1 heterocycles. The van der Waals surface area contributed by atoms with Gasteiger partial charge in [-0.1, -0.05) is 24.3 Å². The smallest absolute Gasteiger partial charge is 0.0492 e. The molecule has 0 bridgehead atoms. The highest BCUT2D eigenvalue weighted by atomic mass is 15.2. The Morgan fingerprint density at radius 3 is 2.95 bits per heavy atom. The van der Waals surface area contributed by atoms with E-state index in [1.54, 1.807) is 0 Å². The van der Waals surface area contributed by atoms with Crippen LogP contribution < -0.4 is 5.73 Å². The van der Waals surface area contributed by atoms with Crippen LogP contribution in [0.15, 0.2) is 36.5 Å². The summed E-state index contributed by atoms with van der Waals surface area (Å²) in [4.78, 5) is 0. The number of nitrogens with zero attached hydrogens (tertiary/aromatic N) is 2. The molecule has 2 N–H and O–H groups in total. The van der Waals surface area contributed by atoms with Gasteiger partial charge in [0.25, 0.3) is 0 Å². The monoisotopic (exact) mass is 269 g/mol. The highest BCUT2D eigenvalue weighted by Gasteiger charge is 2.24. The van der Waals surface area contributed by atoms with Crippen LogP contribution in [-0.2, 0) is 19.9 Å². The van der Waals surface area contributed by atoms with Crippen molar-refractivity contribution in [2.75, 3.05) is 0 Å². The number of rotatable bonds is 3. The molecule has 106 valence electrons. The van der Waals surface area contributed by atoms with Gasteiger partial charge < -0.3 is 5.73 Å². The SMILES string of the molecule is Cn1nccc1CCC1CCCc2ccccc2C1N. The summed E-state index contributed by atoms with van der Waals surface area (Å²) in [7, 11) is 2.01. The van der Waals surface area contributed by atoms with Gasteiger partial charge in [0.15, 0.2) is 0 Å². The molecular weight excluding hydrogens is 246 g/mol. The Labute approximate surface area is 120 Å². The Morgan fingerprint density at radius 2 is 2.15 bits per heavy atom. The first-order chi connectivity index (χ1) is 9.75. The number of nitrogens with two attached hydrogens (primary N) is 1. The quantitative estimate of drug-likeness (QED) is 0.870. The van der Waals surface area contributed by atoms with Gasteiger partial charge in [-0.3, -0.25) is 4.68 Å². The summed E-state index contributed by atoms with van der Waals surface area (Å²) in [5, 5.41) is 4.24. The number of hydrogen-bond donors (Lipinski definition) is 1. The molecule has 1 aromatic carbocycles. The normalized spacial score (nSPS) is 22.3. The summed E-state index contributed by atoms with van der Waals surface area (Å²) in [5.41, 5.74) is 10.7. The molecule has 0 radical (unpaired) electrons. The summed E-state index contributed by atoms with van der Waals surface area (Å²) in [6.07, 6.45) is 7.74. The lowest BCUT2D eigenvalue weighted by Gasteiger charge is -2.23. The summed E-state index contributed by atoms with van der Waals surface area (Å²) in [6, 6.07) is 11.0. The Hall–Kier alpha value is -1.61. The van der Waals surface area contributed by atoms with Crippen molar-refractivity contribution in [3.63, 3.8) is 0 Å². The molecule has 0 spiro atoms. The van der Waals surface area contributed by atoms with E-state index in [0.717, 1.165) is 12.8 Å².